The Morgan fingerprint density at radius 1 is 1.64 bits per heavy atom. The molecule has 0 aromatic carbocycles. The van der Waals surface area contributed by atoms with Crippen LogP contribution in [0.15, 0.2) is 0 Å². The zero-order chi connectivity index (χ0) is 8.69. The first-order valence-electron chi connectivity index (χ1n) is 4.22. The molecule has 1 radical (unpaired) electrons. The van der Waals surface area contributed by atoms with E-state index in [2.05, 4.69) is 13.3 Å². The summed E-state index contributed by atoms with van der Waals surface area (Å²) in [7, 11) is 0. The molecule has 11 heavy (non-hydrogen) atoms. The van der Waals surface area contributed by atoms with Crippen molar-refractivity contribution in [3.63, 3.8) is 0 Å². The summed E-state index contributed by atoms with van der Waals surface area (Å²) in [5, 5.41) is 8.42. The van der Waals surface area contributed by atoms with Crippen molar-refractivity contribution in [2.45, 2.75) is 39.5 Å². The molecule has 1 atom stereocenters. The van der Waals surface area contributed by atoms with E-state index in [1.165, 1.54) is 12.8 Å². The molecule has 0 aliphatic carbocycles. The summed E-state index contributed by atoms with van der Waals surface area (Å²) in [5.41, 5.74) is 0. The number of carboxylic acids is 1. The van der Waals surface area contributed by atoms with Gasteiger partial charge in [0.2, 0.25) is 0 Å². The third kappa shape index (κ3) is 7.37. The standard InChI is InChI=1S/C9H17O2/c1-3-4-5-6-8(2)7-9(10)11/h6,8H,3-5,7H2,1-2H3,(H,10,11). The molecule has 0 aromatic heterocycles. The summed E-state index contributed by atoms with van der Waals surface area (Å²) >= 11 is 0. The molecule has 0 spiro atoms. The lowest BCUT2D eigenvalue weighted by atomic mass is 10.0. The normalized spacial score (nSPS) is 12.9. The molecular weight excluding hydrogens is 140 g/mol. The highest BCUT2D eigenvalue weighted by Crippen LogP contribution is 2.11. The monoisotopic (exact) mass is 157 g/mol. The number of carboxylic acid groups (broad SMARTS) is 1. The maximum absolute atomic E-state index is 10.2. The third-order valence-electron chi connectivity index (χ3n) is 1.62. The van der Waals surface area contributed by atoms with Crippen molar-refractivity contribution in [1.82, 2.24) is 0 Å². The molecule has 0 saturated heterocycles. The van der Waals surface area contributed by atoms with Gasteiger partial charge >= 0.3 is 5.97 Å². The zero-order valence-electron chi connectivity index (χ0n) is 7.34. The van der Waals surface area contributed by atoms with Gasteiger partial charge in [0.05, 0.1) is 0 Å². The summed E-state index contributed by atoms with van der Waals surface area (Å²) in [6, 6.07) is 0. The molecule has 1 unspecified atom stereocenters. The van der Waals surface area contributed by atoms with Crippen LogP contribution in [-0.4, -0.2) is 11.1 Å². The quantitative estimate of drug-likeness (QED) is 0.601. The average Bonchev–Trinajstić information content (AvgIpc) is 1.86. The Bertz CT molecular complexity index is 110. The molecule has 65 valence electrons. The summed E-state index contributed by atoms with van der Waals surface area (Å²) in [6.07, 6.45) is 5.76. The van der Waals surface area contributed by atoms with Crippen molar-refractivity contribution in [1.29, 1.82) is 0 Å². The third-order valence-corrected chi connectivity index (χ3v) is 1.62. The first kappa shape index (κ1) is 10.5. The molecule has 0 amide bonds. The minimum absolute atomic E-state index is 0.221. The van der Waals surface area contributed by atoms with Gasteiger partial charge in [0.1, 0.15) is 0 Å². The van der Waals surface area contributed by atoms with Gasteiger partial charge in [-0.3, -0.25) is 4.79 Å². The Labute approximate surface area is 68.6 Å². The second-order valence-electron chi connectivity index (χ2n) is 2.95. The Morgan fingerprint density at radius 3 is 2.73 bits per heavy atom. The van der Waals surface area contributed by atoms with Crippen LogP contribution in [0.25, 0.3) is 0 Å². The minimum atomic E-state index is -0.703. The number of rotatable bonds is 6. The van der Waals surface area contributed by atoms with Crippen LogP contribution < -0.4 is 0 Å². The van der Waals surface area contributed by atoms with Crippen molar-refractivity contribution >= 4 is 5.97 Å². The van der Waals surface area contributed by atoms with E-state index in [0.717, 1.165) is 6.42 Å². The van der Waals surface area contributed by atoms with Gasteiger partial charge < -0.3 is 5.11 Å². The second-order valence-corrected chi connectivity index (χ2v) is 2.95. The number of hydrogen-bond donors (Lipinski definition) is 1. The summed E-state index contributed by atoms with van der Waals surface area (Å²) < 4.78 is 0. The Balaban J connectivity index is 3.22. The first-order chi connectivity index (χ1) is 5.16. The molecule has 0 rings (SSSR count). The average molecular weight is 157 g/mol. The minimum Gasteiger partial charge on any atom is -0.481 e. The van der Waals surface area contributed by atoms with Gasteiger partial charge in [-0.25, -0.2) is 0 Å². The van der Waals surface area contributed by atoms with E-state index >= 15 is 0 Å². The second kappa shape index (κ2) is 6.20. The van der Waals surface area contributed by atoms with Crippen LogP contribution >= 0.6 is 0 Å². The predicted octanol–water partition coefficient (Wildman–Crippen LogP) is 2.49. The van der Waals surface area contributed by atoms with E-state index in [9.17, 15) is 4.79 Å². The van der Waals surface area contributed by atoms with Crippen molar-refractivity contribution in [3.05, 3.63) is 6.42 Å². The van der Waals surface area contributed by atoms with Crippen LogP contribution in [0, 0.1) is 12.3 Å². The fraction of sp³-hybridized carbons (Fsp3) is 0.778. The van der Waals surface area contributed by atoms with E-state index in [4.69, 9.17) is 5.11 Å². The summed E-state index contributed by atoms with van der Waals surface area (Å²) in [4.78, 5) is 10.2. The van der Waals surface area contributed by atoms with Gasteiger partial charge in [0.25, 0.3) is 0 Å². The number of hydrogen-bond acceptors (Lipinski definition) is 1. The van der Waals surface area contributed by atoms with Gasteiger partial charge in [-0.15, -0.1) is 0 Å². The van der Waals surface area contributed by atoms with Crippen LogP contribution in [0.2, 0.25) is 0 Å². The topological polar surface area (TPSA) is 37.3 Å². The van der Waals surface area contributed by atoms with Crippen LogP contribution in [0.1, 0.15) is 39.5 Å². The highest BCUT2D eigenvalue weighted by molar-refractivity contribution is 5.67. The molecule has 0 fully saturated rings. The van der Waals surface area contributed by atoms with Gasteiger partial charge in [0, 0.05) is 6.42 Å². The number of carbonyl (C=O) groups is 1. The van der Waals surface area contributed by atoms with Crippen molar-refractivity contribution in [2.24, 2.45) is 5.92 Å². The molecule has 0 bridgehead atoms. The van der Waals surface area contributed by atoms with Gasteiger partial charge in [-0.05, 0) is 18.8 Å². The number of unbranched alkanes of at least 4 members (excludes halogenated alkanes) is 2. The first-order valence-corrected chi connectivity index (χ1v) is 4.22. The van der Waals surface area contributed by atoms with Crippen molar-refractivity contribution in [2.75, 3.05) is 0 Å². The van der Waals surface area contributed by atoms with Crippen LogP contribution in [0.5, 0.6) is 0 Å². The number of aliphatic carboxylic acids is 1. The van der Waals surface area contributed by atoms with Crippen LogP contribution in [-0.2, 0) is 4.79 Å². The van der Waals surface area contributed by atoms with Crippen LogP contribution in [0.4, 0.5) is 0 Å². The fourth-order valence-corrected chi connectivity index (χ4v) is 0.965. The molecule has 0 saturated carbocycles. The zero-order valence-corrected chi connectivity index (χ0v) is 7.34. The van der Waals surface area contributed by atoms with Gasteiger partial charge in [-0.2, -0.15) is 0 Å². The smallest absolute Gasteiger partial charge is 0.303 e. The molecule has 2 nitrogen and oxygen atoms in total. The van der Waals surface area contributed by atoms with E-state index in [1.807, 2.05) is 6.92 Å². The van der Waals surface area contributed by atoms with Gasteiger partial charge in [-0.1, -0.05) is 26.7 Å². The van der Waals surface area contributed by atoms with E-state index in [1.54, 1.807) is 0 Å². The summed E-state index contributed by atoms with van der Waals surface area (Å²) in [5.74, 6) is -0.482. The Kier molecular flexibility index (Phi) is 5.90. The Hall–Kier alpha value is -0.530. The van der Waals surface area contributed by atoms with Gasteiger partial charge in [0.15, 0.2) is 0 Å². The van der Waals surface area contributed by atoms with Crippen molar-refractivity contribution < 1.29 is 9.90 Å². The molecular formula is C9H17O2. The molecule has 0 heterocycles. The molecule has 1 N–H and O–H groups in total. The largest absolute Gasteiger partial charge is 0.481 e. The molecule has 0 aliphatic rings. The van der Waals surface area contributed by atoms with E-state index in [-0.39, 0.29) is 12.3 Å². The molecule has 0 aromatic rings. The van der Waals surface area contributed by atoms with E-state index < -0.39 is 5.97 Å². The van der Waals surface area contributed by atoms with Crippen molar-refractivity contribution in [3.8, 4) is 0 Å². The van der Waals surface area contributed by atoms with E-state index in [0.29, 0.717) is 0 Å². The maximum atomic E-state index is 10.2. The molecule has 0 aliphatic heterocycles. The lowest BCUT2D eigenvalue weighted by Gasteiger charge is -2.05. The summed E-state index contributed by atoms with van der Waals surface area (Å²) in [6.45, 7) is 4.08. The highest BCUT2D eigenvalue weighted by Gasteiger charge is 2.06. The SMILES string of the molecule is CCCC[CH]C(C)CC(=O)O. The molecule has 2 heteroatoms. The maximum Gasteiger partial charge on any atom is 0.303 e. The lowest BCUT2D eigenvalue weighted by molar-refractivity contribution is -0.137. The highest BCUT2D eigenvalue weighted by atomic mass is 16.4. The lowest BCUT2D eigenvalue weighted by Crippen LogP contribution is -2.04. The fourth-order valence-electron chi connectivity index (χ4n) is 0.965. The predicted molar refractivity (Wildman–Crippen MR) is 45.2 cm³/mol. The van der Waals surface area contributed by atoms with Crippen LogP contribution in [0.3, 0.4) is 0 Å². The Morgan fingerprint density at radius 2 is 2.27 bits per heavy atom.